The summed E-state index contributed by atoms with van der Waals surface area (Å²) in [5, 5.41) is 11.5. The van der Waals surface area contributed by atoms with Crippen LogP contribution in [0.5, 0.6) is 0 Å². The molecule has 40 heavy (non-hydrogen) atoms. The number of carbonyl (C=O) groups is 2. The van der Waals surface area contributed by atoms with Crippen molar-refractivity contribution in [3.05, 3.63) is 112 Å². The monoisotopic (exact) mass is 555 g/mol. The topological polar surface area (TPSA) is 73.7 Å². The van der Waals surface area contributed by atoms with Gasteiger partial charge in [-0.1, -0.05) is 66.2 Å². The molecule has 0 aliphatic carbocycles. The van der Waals surface area contributed by atoms with Crippen molar-refractivity contribution < 1.29 is 14.7 Å². The summed E-state index contributed by atoms with van der Waals surface area (Å²) in [7, 11) is 1.59. The van der Waals surface area contributed by atoms with Crippen LogP contribution < -0.4 is 0 Å². The quantitative estimate of drug-likeness (QED) is 0.216. The van der Waals surface area contributed by atoms with E-state index in [0.717, 1.165) is 33.3 Å². The smallest absolute Gasteiger partial charge is 0.407 e. The Morgan fingerprint density at radius 3 is 2.45 bits per heavy atom. The fourth-order valence-corrected chi connectivity index (χ4v) is 5.05. The molecule has 3 aromatic carbocycles. The van der Waals surface area contributed by atoms with Crippen LogP contribution >= 0.6 is 11.6 Å². The van der Waals surface area contributed by atoms with E-state index in [1.54, 1.807) is 11.9 Å². The second kappa shape index (κ2) is 13.3. The number of halogens is 1. The van der Waals surface area contributed by atoms with E-state index in [0.29, 0.717) is 36.5 Å². The fraction of sp³-hybridized carbons (Fsp3) is 0.242. The van der Waals surface area contributed by atoms with Gasteiger partial charge in [-0.2, -0.15) is 0 Å². The molecule has 0 saturated heterocycles. The van der Waals surface area contributed by atoms with Gasteiger partial charge in [0.25, 0.3) is 5.91 Å². The van der Waals surface area contributed by atoms with Crippen molar-refractivity contribution in [2.45, 2.75) is 32.7 Å². The maximum atomic E-state index is 13.1. The fourth-order valence-electron chi connectivity index (χ4n) is 4.89. The Morgan fingerprint density at radius 2 is 1.70 bits per heavy atom. The molecule has 0 saturated carbocycles. The van der Waals surface area contributed by atoms with Gasteiger partial charge in [-0.15, -0.1) is 0 Å². The zero-order valence-corrected chi connectivity index (χ0v) is 23.8. The third-order valence-electron chi connectivity index (χ3n) is 7.17. The number of hydrogen-bond donors (Lipinski definition) is 1. The molecule has 1 unspecified atom stereocenters. The van der Waals surface area contributed by atoms with Crippen LogP contribution in [-0.4, -0.2) is 52.0 Å². The van der Waals surface area contributed by atoms with Gasteiger partial charge in [0.2, 0.25) is 0 Å². The van der Waals surface area contributed by atoms with Gasteiger partial charge in [-0.25, -0.2) is 9.78 Å². The average molecular weight is 556 g/mol. The molecule has 2 amide bonds. The number of carboxylic acid groups (broad SMARTS) is 1. The van der Waals surface area contributed by atoms with E-state index >= 15 is 0 Å². The number of fused-ring (bicyclic) bond motifs is 1. The molecular weight excluding hydrogens is 522 g/mol. The molecule has 1 heterocycles. The third-order valence-corrected chi connectivity index (χ3v) is 7.41. The first-order valence-corrected chi connectivity index (χ1v) is 13.9. The van der Waals surface area contributed by atoms with Crippen molar-refractivity contribution in [1.82, 2.24) is 14.8 Å². The highest BCUT2D eigenvalue weighted by Crippen LogP contribution is 2.28. The Hall–Kier alpha value is -4.16. The van der Waals surface area contributed by atoms with Gasteiger partial charge < -0.3 is 14.9 Å². The summed E-state index contributed by atoms with van der Waals surface area (Å²) < 4.78 is 0. The Kier molecular flexibility index (Phi) is 9.56. The van der Waals surface area contributed by atoms with Crippen LogP contribution in [0.3, 0.4) is 0 Å². The van der Waals surface area contributed by atoms with Gasteiger partial charge in [-0.3, -0.25) is 4.79 Å². The van der Waals surface area contributed by atoms with Gasteiger partial charge in [0, 0.05) is 36.1 Å². The lowest BCUT2D eigenvalue weighted by molar-refractivity contribution is 0.0771. The summed E-state index contributed by atoms with van der Waals surface area (Å²) in [6.45, 7) is 5.21. The average Bonchev–Trinajstić information content (AvgIpc) is 2.96. The highest BCUT2D eigenvalue weighted by molar-refractivity contribution is 6.31. The van der Waals surface area contributed by atoms with E-state index in [1.807, 2.05) is 105 Å². The summed E-state index contributed by atoms with van der Waals surface area (Å²) in [6.07, 6.45) is 4.00. The van der Waals surface area contributed by atoms with Crippen molar-refractivity contribution >= 4 is 46.7 Å². The summed E-state index contributed by atoms with van der Waals surface area (Å²) in [6, 6.07) is 24.7. The minimum atomic E-state index is -1.00. The molecule has 0 aliphatic heterocycles. The summed E-state index contributed by atoms with van der Waals surface area (Å²) in [5.41, 5.74) is 5.04. The lowest BCUT2D eigenvalue weighted by atomic mass is 9.94. The first-order valence-electron chi connectivity index (χ1n) is 13.5. The van der Waals surface area contributed by atoms with Gasteiger partial charge in [0.15, 0.2) is 0 Å². The highest BCUT2D eigenvalue weighted by Gasteiger charge is 2.23. The summed E-state index contributed by atoms with van der Waals surface area (Å²) >= 11 is 6.13. The lowest BCUT2D eigenvalue weighted by Gasteiger charge is -2.27. The van der Waals surface area contributed by atoms with E-state index in [1.165, 1.54) is 4.90 Å². The number of aryl methyl sites for hydroxylation is 1. The summed E-state index contributed by atoms with van der Waals surface area (Å²) in [4.78, 5) is 33.0. The number of hydrogen-bond acceptors (Lipinski definition) is 3. The molecule has 1 atom stereocenters. The first kappa shape index (κ1) is 28.8. The predicted octanol–water partition coefficient (Wildman–Crippen LogP) is 7.82. The molecule has 0 spiro atoms. The van der Waals surface area contributed by atoms with Crippen molar-refractivity contribution in [1.29, 1.82) is 0 Å². The summed E-state index contributed by atoms with van der Waals surface area (Å²) in [5.74, 6) is 0.000412. The molecule has 1 N–H and O–H groups in total. The van der Waals surface area contributed by atoms with Crippen molar-refractivity contribution in [2.75, 3.05) is 20.1 Å². The molecular formula is C33H34ClN3O3. The van der Waals surface area contributed by atoms with E-state index in [9.17, 15) is 14.7 Å². The van der Waals surface area contributed by atoms with Crippen molar-refractivity contribution in [3.63, 3.8) is 0 Å². The van der Waals surface area contributed by atoms with Gasteiger partial charge >= 0.3 is 6.09 Å². The molecule has 0 fully saturated rings. The number of nitrogens with zero attached hydrogens (tertiary/aromatic N) is 3. The maximum Gasteiger partial charge on any atom is 0.407 e. The molecule has 4 aromatic rings. The molecule has 7 heteroatoms. The second-order valence-electron chi connectivity index (χ2n) is 9.66. The number of amides is 2. The lowest BCUT2D eigenvalue weighted by Crippen LogP contribution is -2.32. The molecule has 0 radical (unpaired) electrons. The molecule has 6 nitrogen and oxygen atoms in total. The number of aromatic nitrogens is 1. The number of rotatable bonds is 10. The highest BCUT2D eigenvalue weighted by atomic mass is 35.5. The second-order valence-corrected chi connectivity index (χ2v) is 10.1. The number of carbonyl (C=O) groups excluding carboxylic acids is 1. The Labute approximate surface area is 240 Å². The van der Waals surface area contributed by atoms with E-state index in [2.05, 4.69) is 4.98 Å². The zero-order valence-electron chi connectivity index (χ0n) is 23.0. The maximum absolute atomic E-state index is 13.1. The Balaban J connectivity index is 1.58. The number of benzene rings is 3. The van der Waals surface area contributed by atoms with Gasteiger partial charge in [0.05, 0.1) is 17.3 Å². The molecule has 206 valence electrons. The van der Waals surface area contributed by atoms with Crippen LogP contribution in [0.4, 0.5) is 4.79 Å². The molecule has 0 aliphatic rings. The van der Waals surface area contributed by atoms with Crippen LogP contribution in [-0.2, 0) is 6.42 Å². The van der Waals surface area contributed by atoms with Crippen molar-refractivity contribution in [3.8, 4) is 0 Å². The van der Waals surface area contributed by atoms with Crippen molar-refractivity contribution in [2.24, 2.45) is 0 Å². The number of pyridine rings is 1. The van der Waals surface area contributed by atoms with Crippen LogP contribution in [0, 0.1) is 0 Å². The van der Waals surface area contributed by atoms with E-state index < -0.39 is 6.09 Å². The normalized spacial score (nSPS) is 12.0. The van der Waals surface area contributed by atoms with Crippen LogP contribution in [0.15, 0.2) is 78.9 Å². The minimum absolute atomic E-state index is 0.000412. The van der Waals surface area contributed by atoms with E-state index in [4.69, 9.17) is 11.6 Å². The van der Waals surface area contributed by atoms with Gasteiger partial charge in [0.1, 0.15) is 0 Å². The van der Waals surface area contributed by atoms with E-state index in [-0.39, 0.29) is 11.9 Å². The van der Waals surface area contributed by atoms with Crippen LogP contribution in [0.2, 0.25) is 5.02 Å². The first-order chi connectivity index (χ1) is 19.3. The zero-order chi connectivity index (χ0) is 28.6. The standard InChI is InChI=1S/C33H34ClN3O3/c1-4-37(5-2)32(38)29-12-7-6-10-24(29)16-20-31(36(3)33(39)40)26-11-8-9-23(21-26)13-18-28-19-15-25-14-17-27(34)22-30(25)35-28/h6-15,17-19,21-22,31H,4-5,16,20H2,1-3H3,(H,39,40). The largest absolute Gasteiger partial charge is 0.465 e. The molecule has 4 rings (SSSR count). The molecule has 1 aromatic heterocycles. The predicted molar refractivity (Wildman–Crippen MR) is 163 cm³/mol. The van der Waals surface area contributed by atoms with Crippen LogP contribution in [0.1, 0.15) is 59.1 Å². The minimum Gasteiger partial charge on any atom is -0.465 e. The third kappa shape index (κ3) is 6.88. The molecule has 0 bridgehead atoms. The van der Waals surface area contributed by atoms with Gasteiger partial charge in [-0.05, 0) is 79.8 Å². The van der Waals surface area contributed by atoms with Crippen LogP contribution in [0.25, 0.3) is 23.1 Å². The SMILES string of the molecule is CCN(CC)C(=O)c1ccccc1CCC(c1cccc(C=Cc2ccc3ccc(Cl)cc3n2)c1)N(C)C(=O)O. The Bertz CT molecular complexity index is 1530. The Morgan fingerprint density at radius 1 is 0.950 bits per heavy atom.